The van der Waals surface area contributed by atoms with E-state index in [1.165, 1.54) is 70.9 Å². The van der Waals surface area contributed by atoms with Crippen LogP contribution in [0.3, 0.4) is 0 Å². The van der Waals surface area contributed by atoms with E-state index < -0.39 is 21.7 Å². The summed E-state index contributed by atoms with van der Waals surface area (Å²) >= 11 is 0. The van der Waals surface area contributed by atoms with E-state index in [1.54, 1.807) is 12.1 Å². The summed E-state index contributed by atoms with van der Waals surface area (Å²) in [5.41, 5.74) is 1.26. The Bertz CT molecular complexity index is 914. The minimum absolute atomic E-state index is 0.134. The van der Waals surface area contributed by atoms with Gasteiger partial charge in [-0.3, -0.25) is 0 Å². The van der Waals surface area contributed by atoms with E-state index in [1.807, 2.05) is 12.1 Å². The lowest BCUT2D eigenvalue weighted by Crippen LogP contribution is -2.27. The van der Waals surface area contributed by atoms with Gasteiger partial charge < -0.3 is 0 Å². The van der Waals surface area contributed by atoms with Gasteiger partial charge in [-0.15, -0.1) is 0 Å². The van der Waals surface area contributed by atoms with Gasteiger partial charge in [0.2, 0.25) is 10.0 Å². The average molecular weight is 466 g/mol. The zero-order valence-corrected chi connectivity index (χ0v) is 20.3. The van der Waals surface area contributed by atoms with Crippen molar-refractivity contribution in [3.63, 3.8) is 0 Å². The predicted octanol–water partition coefficient (Wildman–Crippen LogP) is 7.25. The maximum Gasteiger partial charge on any atom is 0.243 e. The Morgan fingerprint density at radius 1 is 0.781 bits per heavy atom. The van der Waals surface area contributed by atoms with E-state index in [9.17, 15) is 17.2 Å². The summed E-state index contributed by atoms with van der Waals surface area (Å²) in [5.74, 6) is -1.44. The zero-order chi connectivity index (χ0) is 23.4. The predicted molar refractivity (Wildman–Crippen MR) is 127 cm³/mol. The van der Waals surface area contributed by atoms with Crippen LogP contribution in [-0.4, -0.2) is 19.8 Å². The maximum absolute atomic E-state index is 13.9. The maximum atomic E-state index is 13.9. The van der Waals surface area contributed by atoms with Crippen molar-refractivity contribution in [1.82, 2.24) is 4.31 Å². The standard InChI is InChI=1S/C26H37F2NO2S/c1-3-4-5-6-7-8-9-10-11-12-13-22-14-18-25(19-15-22)32(30,31)29(2)21-23-16-17-24(27)20-26(23)28/h14-20H,3-13,21H2,1-2H3. The van der Waals surface area contributed by atoms with Gasteiger partial charge in [-0.25, -0.2) is 17.2 Å². The molecule has 0 radical (unpaired) electrons. The Morgan fingerprint density at radius 3 is 1.91 bits per heavy atom. The summed E-state index contributed by atoms with van der Waals surface area (Å²) in [6.07, 6.45) is 13.8. The second-order valence-electron chi connectivity index (χ2n) is 8.57. The van der Waals surface area contributed by atoms with Gasteiger partial charge in [0, 0.05) is 25.2 Å². The summed E-state index contributed by atoms with van der Waals surface area (Å²) in [7, 11) is -2.35. The lowest BCUT2D eigenvalue weighted by atomic mass is 10.0. The highest BCUT2D eigenvalue weighted by atomic mass is 32.2. The minimum atomic E-state index is -3.75. The molecule has 0 aliphatic carbocycles. The average Bonchev–Trinajstić information content (AvgIpc) is 2.77. The smallest absolute Gasteiger partial charge is 0.207 e. The Kier molecular flexibility index (Phi) is 11.3. The molecule has 0 atom stereocenters. The van der Waals surface area contributed by atoms with Crippen LogP contribution in [0.5, 0.6) is 0 Å². The van der Waals surface area contributed by atoms with Crippen molar-refractivity contribution in [2.75, 3.05) is 7.05 Å². The molecule has 0 amide bonds. The van der Waals surface area contributed by atoms with Gasteiger partial charge in [0.05, 0.1) is 4.90 Å². The molecule has 0 fully saturated rings. The molecular weight excluding hydrogens is 428 g/mol. The first-order chi connectivity index (χ1) is 15.3. The quantitative estimate of drug-likeness (QED) is 0.260. The molecule has 32 heavy (non-hydrogen) atoms. The summed E-state index contributed by atoms with van der Waals surface area (Å²) in [6, 6.07) is 10.1. The van der Waals surface area contributed by atoms with Crippen molar-refractivity contribution in [3.8, 4) is 0 Å². The largest absolute Gasteiger partial charge is 0.243 e. The highest BCUT2D eigenvalue weighted by molar-refractivity contribution is 7.89. The number of nitrogens with zero attached hydrogens (tertiary/aromatic N) is 1. The normalized spacial score (nSPS) is 11.9. The number of hydrogen-bond donors (Lipinski definition) is 0. The first-order valence-corrected chi connectivity index (χ1v) is 13.3. The van der Waals surface area contributed by atoms with E-state index in [-0.39, 0.29) is 17.0 Å². The molecule has 6 heteroatoms. The van der Waals surface area contributed by atoms with Crippen molar-refractivity contribution < 1.29 is 17.2 Å². The Balaban J connectivity index is 1.76. The molecule has 0 N–H and O–H groups in total. The van der Waals surface area contributed by atoms with E-state index in [0.717, 1.165) is 34.8 Å². The molecule has 0 saturated carbocycles. The van der Waals surface area contributed by atoms with Crippen molar-refractivity contribution >= 4 is 10.0 Å². The monoisotopic (exact) mass is 465 g/mol. The second-order valence-corrected chi connectivity index (χ2v) is 10.6. The van der Waals surface area contributed by atoms with Gasteiger partial charge in [-0.05, 0) is 36.6 Å². The molecule has 0 aromatic heterocycles. The summed E-state index contributed by atoms with van der Waals surface area (Å²) in [6.45, 7) is 2.08. The number of hydrogen-bond acceptors (Lipinski definition) is 2. The molecule has 2 aromatic rings. The van der Waals surface area contributed by atoms with Crippen LogP contribution < -0.4 is 0 Å². The Labute approximate surface area is 192 Å². The number of unbranched alkanes of at least 4 members (excludes halogenated alkanes) is 9. The summed E-state index contributed by atoms with van der Waals surface area (Å²) < 4.78 is 53.6. The highest BCUT2D eigenvalue weighted by Crippen LogP contribution is 2.20. The van der Waals surface area contributed by atoms with Crippen molar-refractivity contribution in [3.05, 3.63) is 65.2 Å². The molecular formula is C26H37F2NO2S. The molecule has 0 aliphatic rings. The number of aryl methyl sites for hydroxylation is 1. The zero-order valence-electron chi connectivity index (χ0n) is 19.5. The number of sulfonamides is 1. The van der Waals surface area contributed by atoms with Crippen molar-refractivity contribution in [1.29, 1.82) is 0 Å². The molecule has 2 rings (SSSR count). The molecule has 0 spiro atoms. The third kappa shape index (κ3) is 8.62. The molecule has 0 unspecified atom stereocenters. The molecule has 0 aliphatic heterocycles. The lowest BCUT2D eigenvalue weighted by molar-refractivity contribution is 0.454. The van der Waals surface area contributed by atoms with E-state index in [4.69, 9.17) is 0 Å². The van der Waals surface area contributed by atoms with E-state index >= 15 is 0 Å². The molecule has 0 heterocycles. The van der Waals surface area contributed by atoms with Gasteiger partial charge >= 0.3 is 0 Å². The fourth-order valence-corrected chi connectivity index (χ4v) is 4.95. The molecule has 0 bridgehead atoms. The third-order valence-electron chi connectivity index (χ3n) is 5.86. The van der Waals surface area contributed by atoms with E-state index in [2.05, 4.69) is 6.92 Å². The fraction of sp³-hybridized carbons (Fsp3) is 0.538. The minimum Gasteiger partial charge on any atom is -0.207 e. The molecule has 0 saturated heterocycles. The van der Waals surface area contributed by atoms with Crippen LogP contribution in [0, 0.1) is 11.6 Å². The molecule has 3 nitrogen and oxygen atoms in total. The van der Waals surface area contributed by atoms with Gasteiger partial charge in [-0.2, -0.15) is 4.31 Å². The van der Waals surface area contributed by atoms with E-state index in [0.29, 0.717) is 0 Å². The van der Waals surface area contributed by atoms with Crippen LogP contribution in [0.2, 0.25) is 0 Å². The van der Waals surface area contributed by atoms with Crippen LogP contribution in [0.15, 0.2) is 47.4 Å². The van der Waals surface area contributed by atoms with Gasteiger partial charge in [0.1, 0.15) is 11.6 Å². The van der Waals surface area contributed by atoms with Crippen LogP contribution >= 0.6 is 0 Å². The van der Waals surface area contributed by atoms with Crippen LogP contribution in [0.25, 0.3) is 0 Å². The van der Waals surface area contributed by atoms with Gasteiger partial charge in [-0.1, -0.05) is 82.9 Å². The molecule has 2 aromatic carbocycles. The van der Waals surface area contributed by atoms with Gasteiger partial charge in [0.25, 0.3) is 0 Å². The summed E-state index contributed by atoms with van der Waals surface area (Å²) in [5, 5.41) is 0. The molecule has 178 valence electrons. The second kappa shape index (κ2) is 13.7. The topological polar surface area (TPSA) is 37.4 Å². The van der Waals surface area contributed by atoms with Crippen LogP contribution in [0.4, 0.5) is 8.78 Å². The van der Waals surface area contributed by atoms with Crippen molar-refractivity contribution in [2.45, 2.75) is 89.0 Å². The number of halogens is 2. The van der Waals surface area contributed by atoms with Crippen LogP contribution in [-0.2, 0) is 23.0 Å². The van der Waals surface area contributed by atoms with Crippen LogP contribution in [0.1, 0.15) is 82.3 Å². The third-order valence-corrected chi connectivity index (χ3v) is 7.68. The first-order valence-electron chi connectivity index (χ1n) is 11.8. The first kappa shape index (κ1) is 26.5. The van der Waals surface area contributed by atoms with Crippen molar-refractivity contribution in [2.24, 2.45) is 0 Å². The summed E-state index contributed by atoms with van der Waals surface area (Å²) in [4.78, 5) is 0.175. The SMILES string of the molecule is CCCCCCCCCCCCc1ccc(S(=O)(=O)N(C)Cc2ccc(F)cc2F)cc1. The Hall–Kier alpha value is -1.79. The highest BCUT2D eigenvalue weighted by Gasteiger charge is 2.22. The Morgan fingerprint density at radius 2 is 1.34 bits per heavy atom. The lowest BCUT2D eigenvalue weighted by Gasteiger charge is -2.18. The van der Waals surface area contributed by atoms with Gasteiger partial charge in [0.15, 0.2) is 0 Å². The number of rotatable bonds is 15. The fourth-order valence-electron chi connectivity index (χ4n) is 3.80. The number of benzene rings is 2.